The number of hydrogen-bond donors (Lipinski definition) is 3. The van der Waals surface area contributed by atoms with Gasteiger partial charge in [-0.1, -0.05) is 6.92 Å². The van der Waals surface area contributed by atoms with Gasteiger partial charge in [0.15, 0.2) is 0 Å². The molecule has 0 radical (unpaired) electrons. The van der Waals surface area contributed by atoms with Crippen molar-refractivity contribution in [3.05, 3.63) is 13.2 Å². The van der Waals surface area contributed by atoms with E-state index in [1.54, 1.807) is 0 Å². The molecule has 0 rings (SSSR count). The van der Waals surface area contributed by atoms with E-state index in [0.29, 0.717) is 6.42 Å². The highest BCUT2D eigenvalue weighted by Gasteiger charge is 2.24. The van der Waals surface area contributed by atoms with Crippen molar-refractivity contribution < 1.29 is 15.3 Å². The zero-order valence-corrected chi connectivity index (χ0v) is 7.08. The molecule has 3 N–H and O–H groups in total. The maximum Gasteiger partial charge on any atom is 0.0531 e. The van der Waals surface area contributed by atoms with Gasteiger partial charge in [0, 0.05) is 5.41 Å². The van der Waals surface area contributed by atoms with Gasteiger partial charge < -0.3 is 15.3 Å². The summed E-state index contributed by atoms with van der Waals surface area (Å²) >= 11 is 0. The van der Waals surface area contributed by atoms with Crippen molar-refractivity contribution in [1.82, 2.24) is 0 Å². The molecule has 68 valence electrons. The zero-order chi connectivity index (χ0) is 9.33. The predicted molar refractivity (Wildman–Crippen MR) is 45.2 cm³/mol. The van der Waals surface area contributed by atoms with Crippen LogP contribution < -0.4 is 0 Å². The Kier molecular flexibility index (Phi) is 9.29. The Morgan fingerprint density at radius 1 is 1.00 bits per heavy atom. The molecule has 11 heavy (non-hydrogen) atoms. The van der Waals surface area contributed by atoms with Crippen molar-refractivity contribution in [3.63, 3.8) is 0 Å². The number of aliphatic hydroxyl groups excluding tert-OH is 3. The molecule has 0 heterocycles. The zero-order valence-electron chi connectivity index (χ0n) is 7.08. The second kappa shape index (κ2) is 7.72. The number of aliphatic hydroxyl groups is 3. The maximum absolute atomic E-state index is 8.66. The highest BCUT2D eigenvalue weighted by Crippen LogP contribution is 2.18. The van der Waals surface area contributed by atoms with Crippen molar-refractivity contribution in [2.45, 2.75) is 13.3 Å². The van der Waals surface area contributed by atoms with Gasteiger partial charge in [-0.3, -0.25) is 0 Å². The van der Waals surface area contributed by atoms with Crippen LogP contribution in [-0.2, 0) is 0 Å². The average Bonchev–Trinajstić information content (AvgIpc) is 2.13. The van der Waals surface area contributed by atoms with E-state index < -0.39 is 5.41 Å². The van der Waals surface area contributed by atoms with Crippen LogP contribution in [0.5, 0.6) is 0 Å². The Bertz CT molecular complexity index is 61.9. The van der Waals surface area contributed by atoms with E-state index in [0.717, 1.165) is 0 Å². The normalized spacial score (nSPS) is 10.2. The van der Waals surface area contributed by atoms with Crippen LogP contribution >= 0.6 is 0 Å². The van der Waals surface area contributed by atoms with Crippen LogP contribution in [0, 0.1) is 5.41 Å². The summed E-state index contributed by atoms with van der Waals surface area (Å²) < 4.78 is 0. The lowest BCUT2D eigenvalue weighted by atomic mass is 9.88. The molecule has 0 aromatic heterocycles. The third-order valence-corrected chi connectivity index (χ3v) is 1.76. The summed E-state index contributed by atoms with van der Waals surface area (Å²) in [7, 11) is 0. The lowest BCUT2D eigenvalue weighted by Crippen LogP contribution is -2.32. The van der Waals surface area contributed by atoms with E-state index in [-0.39, 0.29) is 19.8 Å². The molecule has 0 saturated carbocycles. The van der Waals surface area contributed by atoms with Gasteiger partial charge in [0.1, 0.15) is 0 Å². The van der Waals surface area contributed by atoms with Crippen LogP contribution in [0.15, 0.2) is 13.2 Å². The summed E-state index contributed by atoms with van der Waals surface area (Å²) in [4.78, 5) is 0. The highest BCUT2D eigenvalue weighted by atomic mass is 16.3. The Labute approximate surface area is 68.0 Å². The fourth-order valence-corrected chi connectivity index (χ4v) is 0.485. The topological polar surface area (TPSA) is 60.7 Å². The molecule has 0 atom stereocenters. The lowest BCUT2D eigenvalue weighted by Gasteiger charge is -2.24. The Balaban J connectivity index is 0. The fraction of sp³-hybridized carbons (Fsp3) is 0.750. The predicted octanol–water partition coefficient (Wildman–Crippen LogP) is 0.162. The average molecular weight is 162 g/mol. The maximum atomic E-state index is 8.66. The van der Waals surface area contributed by atoms with Gasteiger partial charge in [-0.25, -0.2) is 0 Å². The molecule has 0 aromatic rings. The second-order valence-electron chi connectivity index (χ2n) is 2.33. The molecule has 0 aliphatic heterocycles. The van der Waals surface area contributed by atoms with Gasteiger partial charge in [-0.2, -0.15) is 0 Å². The molecule has 0 amide bonds. The summed E-state index contributed by atoms with van der Waals surface area (Å²) in [6, 6.07) is 0. The molecular weight excluding hydrogens is 144 g/mol. The molecule has 0 aliphatic rings. The van der Waals surface area contributed by atoms with Crippen molar-refractivity contribution >= 4 is 0 Å². The van der Waals surface area contributed by atoms with E-state index in [1.165, 1.54) is 0 Å². The molecule has 3 nitrogen and oxygen atoms in total. The summed E-state index contributed by atoms with van der Waals surface area (Å²) in [5, 5.41) is 26.0. The molecule has 0 aromatic carbocycles. The van der Waals surface area contributed by atoms with Crippen molar-refractivity contribution in [1.29, 1.82) is 0 Å². The van der Waals surface area contributed by atoms with Crippen LogP contribution in [-0.4, -0.2) is 35.1 Å². The largest absolute Gasteiger partial charge is 0.396 e. The molecular formula is C8H18O3. The Hall–Kier alpha value is -0.380. The van der Waals surface area contributed by atoms with E-state index in [2.05, 4.69) is 13.2 Å². The lowest BCUT2D eigenvalue weighted by molar-refractivity contribution is 0.00304. The Morgan fingerprint density at radius 3 is 1.27 bits per heavy atom. The monoisotopic (exact) mass is 162 g/mol. The van der Waals surface area contributed by atoms with Crippen LogP contribution in [0.2, 0.25) is 0 Å². The van der Waals surface area contributed by atoms with E-state index >= 15 is 0 Å². The minimum atomic E-state index is -0.667. The van der Waals surface area contributed by atoms with Crippen LogP contribution in [0.4, 0.5) is 0 Å². The summed E-state index contributed by atoms with van der Waals surface area (Å²) in [6.07, 6.45) is 0.594. The first kappa shape index (κ1) is 13.2. The van der Waals surface area contributed by atoms with Gasteiger partial charge in [0.05, 0.1) is 19.8 Å². The fourth-order valence-electron chi connectivity index (χ4n) is 0.485. The third-order valence-electron chi connectivity index (χ3n) is 1.76. The van der Waals surface area contributed by atoms with Crippen LogP contribution in [0.25, 0.3) is 0 Å². The van der Waals surface area contributed by atoms with Gasteiger partial charge in [-0.15, -0.1) is 13.2 Å². The number of rotatable bonds is 4. The molecule has 0 bridgehead atoms. The smallest absolute Gasteiger partial charge is 0.0531 e. The SMILES string of the molecule is C=C.CCC(CO)(CO)CO. The third kappa shape index (κ3) is 4.14. The molecule has 0 aliphatic carbocycles. The number of hydrogen-bond acceptors (Lipinski definition) is 3. The van der Waals surface area contributed by atoms with Crippen LogP contribution in [0.3, 0.4) is 0 Å². The quantitative estimate of drug-likeness (QED) is 0.516. The molecule has 3 heteroatoms. The molecule has 0 saturated heterocycles. The van der Waals surface area contributed by atoms with Crippen molar-refractivity contribution in [3.8, 4) is 0 Å². The molecule has 0 fully saturated rings. The molecule has 0 unspecified atom stereocenters. The summed E-state index contributed by atoms with van der Waals surface area (Å²) in [6.45, 7) is 7.35. The van der Waals surface area contributed by atoms with Crippen LogP contribution in [0.1, 0.15) is 13.3 Å². The minimum absolute atomic E-state index is 0.156. The first-order chi connectivity index (χ1) is 5.24. The first-order valence-electron chi connectivity index (χ1n) is 3.57. The first-order valence-corrected chi connectivity index (χ1v) is 3.57. The van der Waals surface area contributed by atoms with Gasteiger partial charge in [-0.05, 0) is 6.42 Å². The van der Waals surface area contributed by atoms with Crippen molar-refractivity contribution in [2.24, 2.45) is 5.41 Å². The van der Waals surface area contributed by atoms with Gasteiger partial charge in [0.2, 0.25) is 0 Å². The summed E-state index contributed by atoms with van der Waals surface area (Å²) in [5.41, 5.74) is -0.667. The van der Waals surface area contributed by atoms with Crippen molar-refractivity contribution in [2.75, 3.05) is 19.8 Å². The minimum Gasteiger partial charge on any atom is -0.396 e. The Morgan fingerprint density at radius 2 is 1.27 bits per heavy atom. The van der Waals surface area contributed by atoms with E-state index in [1.807, 2.05) is 6.92 Å². The highest BCUT2D eigenvalue weighted by molar-refractivity contribution is 4.74. The van der Waals surface area contributed by atoms with E-state index in [9.17, 15) is 0 Å². The molecule has 0 spiro atoms. The second-order valence-corrected chi connectivity index (χ2v) is 2.33. The van der Waals surface area contributed by atoms with E-state index in [4.69, 9.17) is 15.3 Å². The van der Waals surface area contributed by atoms with Gasteiger partial charge >= 0.3 is 0 Å². The van der Waals surface area contributed by atoms with Gasteiger partial charge in [0.25, 0.3) is 0 Å². The summed E-state index contributed by atoms with van der Waals surface area (Å²) in [5.74, 6) is 0. The standard InChI is InChI=1S/C6H14O3.C2H4/c1-2-6(3-7,4-8)5-9;1-2/h7-9H,2-5H2,1H3;1-2H2.